The average Bonchev–Trinajstić information content (AvgIpc) is 2.87. The lowest BCUT2D eigenvalue weighted by molar-refractivity contribution is 0.0934. The number of carbonyl (C=O) groups excluding carboxylic acids is 1. The Morgan fingerprint density at radius 2 is 2.09 bits per heavy atom. The van der Waals surface area contributed by atoms with Gasteiger partial charge in [-0.15, -0.1) is 0 Å². The molecule has 2 heterocycles. The molecule has 3 rings (SSSR count). The van der Waals surface area contributed by atoms with Gasteiger partial charge >= 0.3 is 0 Å². The predicted molar refractivity (Wildman–Crippen MR) is 88.0 cm³/mol. The fourth-order valence-electron chi connectivity index (χ4n) is 2.48. The summed E-state index contributed by atoms with van der Waals surface area (Å²) in [6, 6.07) is 7.93. The Kier molecular flexibility index (Phi) is 4.34. The van der Waals surface area contributed by atoms with Gasteiger partial charge in [0.1, 0.15) is 0 Å². The van der Waals surface area contributed by atoms with Crippen LogP contribution >= 0.6 is 0 Å². The molecule has 0 saturated carbocycles. The zero-order valence-electron chi connectivity index (χ0n) is 13.4. The summed E-state index contributed by atoms with van der Waals surface area (Å²) in [5, 5.41) is 20.2. The SMILES string of the molecule is CC(C)c1ccc(-n2cc(O)c(C(=O)NCC3CNC3)n2)cc1. The maximum absolute atomic E-state index is 12.1. The van der Waals surface area contributed by atoms with Crippen molar-refractivity contribution in [2.45, 2.75) is 19.8 Å². The molecule has 6 nitrogen and oxygen atoms in total. The number of aromatic nitrogens is 2. The number of rotatable bonds is 5. The summed E-state index contributed by atoms with van der Waals surface area (Å²) in [6.07, 6.45) is 1.46. The molecule has 6 heteroatoms. The predicted octanol–water partition coefficient (Wildman–Crippen LogP) is 1.65. The molecule has 0 aliphatic carbocycles. The second-order valence-electron chi connectivity index (χ2n) is 6.29. The van der Waals surface area contributed by atoms with E-state index in [0.717, 1.165) is 18.8 Å². The van der Waals surface area contributed by atoms with Gasteiger partial charge in [0.05, 0.1) is 11.9 Å². The van der Waals surface area contributed by atoms with E-state index in [1.54, 1.807) is 0 Å². The number of nitrogens with zero attached hydrogens (tertiary/aromatic N) is 2. The van der Waals surface area contributed by atoms with Crippen LogP contribution in [0.15, 0.2) is 30.5 Å². The molecule has 1 saturated heterocycles. The van der Waals surface area contributed by atoms with Crippen molar-refractivity contribution in [2.75, 3.05) is 19.6 Å². The van der Waals surface area contributed by atoms with Crippen LogP contribution in [0.3, 0.4) is 0 Å². The lowest BCUT2D eigenvalue weighted by Gasteiger charge is -2.26. The summed E-state index contributed by atoms with van der Waals surface area (Å²) >= 11 is 0. The molecule has 1 amide bonds. The molecule has 23 heavy (non-hydrogen) atoms. The van der Waals surface area contributed by atoms with Crippen LogP contribution in [0.1, 0.15) is 35.8 Å². The molecule has 2 aromatic rings. The van der Waals surface area contributed by atoms with E-state index in [4.69, 9.17) is 0 Å². The summed E-state index contributed by atoms with van der Waals surface area (Å²) < 4.78 is 1.53. The summed E-state index contributed by atoms with van der Waals surface area (Å²) in [4.78, 5) is 12.1. The van der Waals surface area contributed by atoms with Crippen LogP contribution in [-0.2, 0) is 0 Å². The standard InChI is InChI=1S/C17H22N4O2/c1-11(2)13-3-5-14(6-4-13)21-10-15(22)16(20-21)17(23)19-9-12-7-18-8-12/h3-6,10-12,18,22H,7-9H2,1-2H3,(H,19,23). The van der Waals surface area contributed by atoms with E-state index < -0.39 is 0 Å². The molecule has 1 fully saturated rings. The van der Waals surface area contributed by atoms with E-state index in [1.165, 1.54) is 16.4 Å². The minimum absolute atomic E-state index is 0.0604. The Morgan fingerprint density at radius 3 is 2.65 bits per heavy atom. The zero-order valence-corrected chi connectivity index (χ0v) is 13.4. The first-order valence-corrected chi connectivity index (χ1v) is 7.92. The van der Waals surface area contributed by atoms with E-state index in [2.05, 4.69) is 29.6 Å². The van der Waals surface area contributed by atoms with Crippen LogP contribution in [0.5, 0.6) is 5.75 Å². The first-order chi connectivity index (χ1) is 11.0. The van der Waals surface area contributed by atoms with Crippen molar-refractivity contribution in [3.05, 3.63) is 41.7 Å². The van der Waals surface area contributed by atoms with Crippen LogP contribution in [0, 0.1) is 5.92 Å². The van der Waals surface area contributed by atoms with E-state index in [0.29, 0.717) is 18.4 Å². The second-order valence-corrected chi connectivity index (χ2v) is 6.29. The molecule has 0 bridgehead atoms. The maximum atomic E-state index is 12.1. The van der Waals surface area contributed by atoms with Crippen LogP contribution in [-0.4, -0.2) is 40.4 Å². The number of aromatic hydroxyl groups is 1. The van der Waals surface area contributed by atoms with Crippen LogP contribution in [0.4, 0.5) is 0 Å². The number of benzene rings is 1. The molecular weight excluding hydrogens is 292 g/mol. The highest BCUT2D eigenvalue weighted by Gasteiger charge is 2.21. The van der Waals surface area contributed by atoms with Gasteiger partial charge in [0.25, 0.3) is 5.91 Å². The molecule has 0 atom stereocenters. The van der Waals surface area contributed by atoms with Gasteiger partial charge in [-0.1, -0.05) is 26.0 Å². The largest absolute Gasteiger partial charge is 0.504 e. The Morgan fingerprint density at radius 1 is 1.39 bits per heavy atom. The smallest absolute Gasteiger partial charge is 0.275 e. The monoisotopic (exact) mass is 314 g/mol. The molecule has 0 unspecified atom stereocenters. The average molecular weight is 314 g/mol. The molecular formula is C17H22N4O2. The minimum Gasteiger partial charge on any atom is -0.504 e. The molecule has 0 spiro atoms. The lowest BCUT2D eigenvalue weighted by Crippen LogP contribution is -2.48. The lowest BCUT2D eigenvalue weighted by atomic mass is 10.0. The van der Waals surface area contributed by atoms with Crippen molar-refractivity contribution in [3.63, 3.8) is 0 Å². The van der Waals surface area contributed by atoms with Crippen molar-refractivity contribution in [3.8, 4) is 11.4 Å². The van der Waals surface area contributed by atoms with Crippen LogP contribution < -0.4 is 10.6 Å². The number of amides is 1. The van der Waals surface area contributed by atoms with Gasteiger partial charge in [-0.25, -0.2) is 4.68 Å². The number of nitrogens with one attached hydrogen (secondary N) is 2. The van der Waals surface area contributed by atoms with Gasteiger partial charge in [-0.05, 0) is 23.6 Å². The molecule has 122 valence electrons. The summed E-state index contributed by atoms with van der Waals surface area (Å²) in [7, 11) is 0. The van der Waals surface area contributed by atoms with Crippen LogP contribution in [0.2, 0.25) is 0 Å². The van der Waals surface area contributed by atoms with E-state index in [-0.39, 0.29) is 17.4 Å². The highest BCUT2D eigenvalue weighted by atomic mass is 16.3. The molecule has 0 radical (unpaired) electrons. The Labute approximate surface area is 135 Å². The number of hydrogen-bond acceptors (Lipinski definition) is 4. The van der Waals surface area contributed by atoms with Gasteiger partial charge in [-0.2, -0.15) is 5.10 Å². The fraction of sp³-hybridized carbons (Fsp3) is 0.412. The fourth-order valence-corrected chi connectivity index (χ4v) is 2.48. The number of hydrogen-bond donors (Lipinski definition) is 3. The van der Waals surface area contributed by atoms with Gasteiger partial charge in [0, 0.05) is 25.6 Å². The first kappa shape index (κ1) is 15.6. The zero-order chi connectivity index (χ0) is 16.4. The van der Waals surface area contributed by atoms with Gasteiger partial charge in [-0.3, -0.25) is 4.79 Å². The highest BCUT2D eigenvalue weighted by Crippen LogP contribution is 2.20. The third-order valence-electron chi connectivity index (χ3n) is 4.15. The summed E-state index contributed by atoms with van der Waals surface area (Å²) in [5.74, 6) is 0.471. The van der Waals surface area contributed by atoms with E-state index in [9.17, 15) is 9.90 Å². The van der Waals surface area contributed by atoms with E-state index >= 15 is 0 Å². The van der Waals surface area contributed by atoms with Gasteiger partial charge in [0.15, 0.2) is 11.4 Å². The second kappa shape index (κ2) is 6.42. The van der Waals surface area contributed by atoms with Crippen LogP contribution in [0.25, 0.3) is 5.69 Å². The number of carbonyl (C=O) groups is 1. The van der Waals surface area contributed by atoms with Crippen molar-refractivity contribution in [1.82, 2.24) is 20.4 Å². The maximum Gasteiger partial charge on any atom is 0.275 e. The summed E-state index contributed by atoms with van der Waals surface area (Å²) in [6.45, 7) is 6.71. The Bertz CT molecular complexity index is 687. The Hall–Kier alpha value is -2.34. The highest BCUT2D eigenvalue weighted by molar-refractivity contribution is 5.94. The van der Waals surface area contributed by atoms with Crippen molar-refractivity contribution in [1.29, 1.82) is 0 Å². The van der Waals surface area contributed by atoms with Gasteiger partial charge in [0.2, 0.25) is 0 Å². The van der Waals surface area contributed by atoms with Crippen molar-refractivity contribution in [2.24, 2.45) is 5.92 Å². The van der Waals surface area contributed by atoms with Crippen molar-refractivity contribution < 1.29 is 9.90 Å². The normalized spacial score (nSPS) is 14.7. The molecule has 1 aromatic carbocycles. The molecule has 1 aromatic heterocycles. The van der Waals surface area contributed by atoms with E-state index in [1.807, 2.05) is 24.3 Å². The first-order valence-electron chi connectivity index (χ1n) is 7.92. The third kappa shape index (κ3) is 3.37. The molecule has 1 aliphatic rings. The molecule has 3 N–H and O–H groups in total. The molecule has 1 aliphatic heterocycles. The topological polar surface area (TPSA) is 79.2 Å². The summed E-state index contributed by atoms with van der Waals surface area (Å²) in [5.41, 5.74) is 2.11. The Balaban J connectivity index is 1.72. The van der Waals surface area contributed by atoms with Crippen molar-refractivity contribution >= 4 is 5.91 Å². The minimum atomic E-state index is -0.341. The van der Waals surface area contributed by atoms with Gasteiger partial charge < -0.3 is 15.7 Å². The quantitative estimate of drug-likeness (QED) is 0.784. The third-order valence-corrected chi connectivity index (χ3v) is 4.15.